The van der Waals surface area contributed by atoms with Crippen LogP contribution >= 0.6 is 0 Å². The lowest BCUT2D eigenvalue weighted by Crippen LogP contribution is -2.59. The number of hydrogen-bond donors (Lipinski definition) is 1. The van der Waals surface area contributed by atoms with E-state index in [1.807, 2.05) is 0 Å². The first-order valence-electron chi connectivity index (χ1n) is 6.82. The van der Waals surface area contributed by atoms with Crippen molar-refractivity contribution in [2.45, 2.75) is 38.3 Å². The van der Waals surface area contributed by atoms with Crippen LogP contribution in [0.3, 0.4) is 0 Å². The molecule has 18 heavy (non-hydrogen) atoms. The van der Waals surface area contributed by atoms with Gasteiger partial charge in [-0.05, 0) is 26.3 Å². The van der Waals surface area contributed by atoms with Crippen LogP contribution in [0.4, 0.5) is 11.5 Å². The third-order valence-corrected chi connectivity index (χ3v) is 4.18. The molecule has 0 radical (unpaired) electrons. The summed E-state index contributed by atoms with van der Waals surface area (Å²) in [4.78, 5) is 13.3. The molecule has 3 rings (SSSR count). The van der Waals surface area contributed by atoms with Crippen LogP contribution in [-0.2, 0) is 0 Å². The van der Waals surface area contributed by atoms with E-state index in [4.69, 9.17) is 5.73 Å². The zero-order chi connectivity index (χ0) is 12.5. The van der Waals surface area contributed by atoms with Crippen LogP contribution in [0.1, 0.15) is 26.2 Å². The minimum Gasteiger partial charge on any atom is -0.394 e. The molecular formula is C13H21N5. The maximum absolute atomic E-state index is 6.00. The average molecular weight is 247 g/mol. The van der Waals surface area contributed by atoms with Gasteiger partial charge in [-0.15, -0.1) is 0 Å². The molecule has 98 valence electrons. The number of fused-ring (bicyclic) bond motifs is 1. The van der Waals surface area contributed by atoms with E-state index in [-0.39, 0.29) is 0 Å². The third-order valence-electron chi connectivity index (χ3n) is 4.18. The molecule has 0 saturated carbocycles. The van der Waals surface area contributed by atoms with Crippen molar-refractivity contribution in [2.24, 2.45) is 0 Å². The van der Waals surface area contributed by atoms with Gasteiger partial charge in [0.1, 0.15) is 6.33 Å². The summed E-state index contributed by atoms with van der Waals surface area (Å²) in [5.74, 6) is 0.905. The van der Waals surface area contributed by atoms with E-state index >= 15 is 0 Å². The molecule has 0 aliphatic carbocycles. The quantitative estimate of drug-likeness (QED) is 0.806. The number of piperidine rings is 1. The number of rotatable bonds is 1. The summed E-state index contributed by atoms with van der Waals surface area (Å²) in [7, 11) is 0. The molecule has 2 aliphatic rings. The molecule has 0 spiro atoms. The van der Waals surface area contributed by atoms with Gasteiger partial charge in [-0.25, -0.2) is 9.97 Å². The summed E-state index contributed by atoms with van der Waals surface area (Å²) in [6, 6.07) is 1.14. The fraction of sp³-hybridized carbons (Fsp3) is 0.692. The molecule has 0 aromatic carbocycles. The molecule has 2 saturated heterocycles. The number of nitrogen functional groups attached to an aromatic ring is 1. The summed E-state index contributed by atoms with van der Waals surface area (Å²) in [6.45, 7) is 5.67. The van der Waals surface area contributed by atoms with Crippen LogP contribution in [0.15, 0.2) is 12.5 Å². The summed E-state index contributed by atoms with van der Waals surface area (Å²) < 4.78 is 0. The van der Waals surface area contributed by atoms with Gasteiger partial charge in [-0.3, -0.25) is 4.90 Å². The van der Waals surface area contributed by atoms with E-state index < -0.39 is 0 Å². The molecule has 1 aromatic heterocycles. The summed E-state index contributed by atoms with van der Waals surface area (Å²) >= 11 is 0. The highest BCUT2D eigenvalue weighted by Gasteiger charge is 2.34. The molecule has 2 N–H and O–H groups in total. The normalized spacial score (nSPS) is 29.1. The Morgan fingerprint density at radius 3 is 3.06 bits per heavy atom. The first kappa shape index (κ1) is 11.7. The van der Waals surface area contributed by atoms with Crippen LogP contribution in [-0.4, -0.2) is 46.6 Å². The topological polar surface area (TPSA) is 58.3 Å². The largest absolute Gasteiger partial charge is 0.394 e. The molecule has 3 heterocycles. The fourth-order valence-electron chi connectivity index (χ4n) is 3.22. The lowest BCUT2D eigenvalue weighted by molar-refractivity contribution is 0.115. The van der Waals surface area contributed by atoms with Crippen LogP contribution in [0, 0.1) is 0 Å². The SMILES string of the molecule is CC1CN2CCCCC2CN1c1ncncc1N. The average Bonchev–Trinajstić information content (AvgIpc) is 2.39. The van der Waals surface area contributed by atoms with E-state index in [0.29, 0.717) is 17.8 Å². The van der Waals surface area contributed by atoms with Crippen molar-refractivity contribution in [2.75, 3.05) is 30.3 Å². The monoisotopic (exact) mass is 247 g/mol. The van der Waals surface area contributed by atoms with Gasteiger partial charge in [-0.2, -0.15) is 0 Å². The Hall–Kier alpha value is -1.36. The summed E-state index contributed by atoms with van der Waals surface area (Å²) in [6.07, 6.45) is 7.28. The standard InChI is InChI=1S/C13H21N5/c1-10-7-17-5-3-2-4-11(17)8-18(10)13-12(14)6-15-9-16-13/h6,9-11H,2-5,7-8,14H2,1H3. The van der Waals surface area contributed by atoms with Crippen molar-refractivity contribution in [1.82, 2.24) is 14.9 Å². The molecule has 2 aliphatic heterocycles. The Morgan fingerprint density at radius 2 is 2.22 bits per heavy atom. The Labute approximate surface area is 108 Å². The zero-order valence-corrected chi connectivity index (χ0v) is 10.9. The Morgan fingerprint density at radius 1 is 1.33 bits per heavy atom. The second-order valence-corrected chi connectivity index (χ2v) is 5.45. The number of aromatic nitrogens is 2. The van der Waals surface area contributed by atoms with E-state index in [9.17, 15) is 0 Å². The van der Waals surface area contributed by atoms with Gasteiger partial charge in [0.05, 0.1) is 11.9 Å². The molecule has 0 bridgehead atoms. The van der Waals surface area contributed by atoms with E-state index in [0.717, 1.165) is 18.9 Å². The second kappa shape index (κ2) is 4.72. The van der Waals surface area contributed by atoms with Gasteiger partial charge in [0.25, 0.3) is 0 Å². The lowest BCUT2D eigenvalue weighted by atomic mass is 9.97. The van der Waals surface area contributed by atoms with Crippen molar-refractivity contribution >= 4 is 11.5 Å². The number of nitrogens with two attached hydrogens (primary N) is 1. The van der Waals surface area contributed by atoms with Gasteiger partial charge in [0, 0.05) is 25.2 Å². The first-order valence-corrected chi connectivity index (χ1v) is 6.82. The van der Waals surface area contributed by atoms with Crippen molar-refractivity contribution in [3.63, 3.8) is 0 Å². The lowest BCUT2D eigenvalue weighted by Gasteiger charge is -2.48. The highest BCUT2D eigenvalue weighted by Crippen LogP contribution is 2.29. The van der Waals surface area contributed by atoms with Crippen LogP contribution in [0.25, 0.3) is 0 Å². The number of piperazine rings is 1. The predicted molar refractivity (Wildman–Crippen MR) is 72.5 cm³/mol. The predicted octanol–water partition coefficient (Wildman–Crippen LogP) is 1.12. The molecule has 2 unspecified atom stereocenters. The van der Waals surface area contributed by atoms with E-state index in [1.54, 1.807) is 12.5 Å². The van der Waals surface area contributed by atoms with Gasteiger partial charge in [-0.1, -0.05) is 6.42 Å². The minimum absolute atomic E-state index is 0.469. The van der Waals surface area contributed by atoms with Crippen molar-refractivity contribution in [3.05, 3.63) is 12.5 Å². The van der Waals surface area contributed by atoms with Gasteiger partial charge < -0.3 is 10.6 Å². The molecule has 0 amide bonds. The van der Waals surface area contributed by atoms with Crippen molar-refractivity contribution < 1.29 is 0 Å². The number of anilines is 2. The molecule has 2 fully saturated rings. The molecule has 2 atom stereocenters. The number of hydrogen-bond acceptors (Lipinski definition) is 5. The van der Waals surface area contributed by atoms with Gasteiger partial charge in [0.15, 0.2) is 5.82 Å². The van der Waals surface area contributed by atoms with E-state index in [2.05, 4.69) is 26.7 Å². The highest BCUT2D eigenvalue weighted by molar-refractivity contribution is 5.61. The maximum atomic E-state index is 6.00. The summed E-state index contributed by atoms with van der Waals surface area (Å²) in [5, 5.41) is 0. The first-order chi connectivity index (χ1) is 8.75. The smallest absolute Gasteiger partial charge is 0.155 e. The third kappa shape index (κ3) is 2.03. The molecule has 1 aromatic rings. The summed E-state index contributed by atoms with van der Waals surface area (Å²) in [5.41, 5.74) is 6.69. The van der Waals surface area contributed by atoms with Gasteiger partial charge >= 0.3 is 0 Å². The Balaban J connectivity index is 1.82. The number of nitrogens with zero attached hydrogens (tertiary/aromatic N) is 4. The zero-order valence-electron chi connectivity index (χ0n) is 10.9. The second-order valence-electron chi connectivity index (χ2n) is 5.45. The van der Waals surface area contributed by atoms with E-state index in [1.165, 1.54) is 25.8 Å². The van der Waals surface area contributed by atoms with Crippen LogP contribution < -0.4 is 10.6 Å². The minimum atomic E-state index is 0.469. The highest BCUT2D eigenvalue weighted by atomic mass is 15.3. The van der Waals surface area contributed by atoms with Crippen LogP contribution in [0.5, 0.6) is 0 Å². The Bertz CT molecular complexity index is 422. The maximum Gasteiger partial charge on any atom is 0.155 e. The van der Waals surface area contributed by atoms with Gasteiger partial charge in [0.2, 0.25) is 0 Å². The van der Waals surface area contributed by atoms with Crippen molar-refractivity contribution in [1.29, 1.82) is 0 Å². The van der Waals surface area contributed by atoms with Crippen molar-refractivity contribution in [3.8, 4) is 0 Å². The molecule has 5 heteroatoms. The molecular weight excluding hydrogens is 226 g/mol. The Kier molecular flexibility index (Phi) is 3.07. The fourth-order valence-corrected chi connectivity index (χ4v) is 3.22. The van der Waals surface area contributed by atoms with Crippen LogP contribution in [0.2, 0.25) is 0 Å². The molecule has 5 nitrogen and oxygen atoms in total.